The molecule has 0 bridgehead atoms. The maximum absolute atomic E-state index is 12.8. The summed E-state index contributed by atoms with van der Waals surface area (Å²) in [6.45, 7) is 0. The smallest absolute Gasteiger partial charge is 0.293 e. The maximum atomic E-state index is 12.8. The van der Waals surface area contributed by atoms with Gasteiger partial charge in [0.15, 0.2) is 5.78 Å². The van der Waals surface area contributed by atoms with Gasteiger partial charge in [-0.25, -0.2) is 0 Å². The molecule has 1 aliphatic carbocycles. The molecule has 1 aromatic heterocycles. The largest absolute Gasteiger partial charge is 0.416 e. The van der Waals surface area contributed by atoms with E-state index >= 15 is 0 Å². The number of ketones is 1. The Morgan fingerprint density at radius 2 is 1.90 bits per heavy atom. The van der Waals surface area contributed by atoms with Gasteiger partial charge in [0.2, 0.25) is 0 Å². The zero-order chi connectivity index (χ0) is 15.2. The Kier molecular flexibility index (Phi) is 3.69. The van der Waals surface area contributed by atoms with Gasteiger partial charge in [0, 0.05) is 20.8 Å². The fourth-order valence-corrected chi connectivity index (χ4v) is 3.70. The molecule has 0 spiro atoms. The molecular formula is C15H10BrF3OS. The van der Waals surface area contributed by atoms with Gasteiger partial charge >= 0.3 is 6.18 Å². The van der Waals surface area contributed by atoms with Crippen LogP contribution in [-0.2, 0) is 6.18 Å². The highest BCUT2D eigenvalue weighted by Gasteiger charge is 2.32. The number of Topliss-reactive ketones (excluding diaryl/α,β-unsaturated/α-hetero) is 1. The van der Waals surface area contributed by atoms with E-state index in [1.54, 1.807) is 12.1 Å². The van der Waals surface area contributed by atoms with E-state index in [4.69, 9.17) is 0 Å². The summed E-state index contributed by atoms with van der Waals surface area (Å²) < 4.78 is 39.0. The highest BCUT2D eigenvalue weighted by Crippen LogP contribution is 2.40. The number of rotatable bonds is 3. The average Bonchev–Trinajstić information content (AvgIpc) is 3.15. The van der Waals surface area contributed by atoms with Crippen LogP contribution in [0.4, 0.5) is 13.2 Å². The number of alkyl halides is 3. The molecule has 0 atom stereocenters. The van der Waals surface area contributed by atoms with Crippen LogP contribution in [-0.4, -0.2) is 5.78 Å². The lowest BCUT2D eigenvalue weighted by Gasteiger charge is -2.09. The number of carbonyl (C=O) groups is 1. The zero-order valence-electron chi connectivity index (χ0n) is 10.7. The lowest BCUT2D eigenvalue weighted by atomic mass is 10.1. The van der Waals surface area contributed by atoms with Crippen LogP contribution < -0.4 is 0 Å². The second kappa shape index (κ2) is 5.25. The van der Waals surface area contributed by atoms with Gasteiger partial charge in [-0.3, -0.25) is 4.79 Å². The molecule has 0 aliphatic heterocycles. The van der Waals surface area contributed by atoms with Gasteiger partial charge in [-0.05, 0) is 43.2 Å². The number of benzene rings is 1. The lowest BCUT2D eigenvalue weighted by Crippen LogP contribution is -2.04. The summed E-state index contributed by atoms with van der Waals surface area (Å²) in [5.74, 6) is 0.218. The molecule has 1 fully saturated rings. The van der Waals surface area contributed by atoms with E-state index in [1.165, 1.54) is 17.4 Å². The minimum absolute atomic E-state index is 0.106. The third-order valence-corrected chi connectivity index (χ3v) is 5.18. The van der Waals surface area contributed by atoms with E-state index in [0.717, 1.165) is 25.0 Å². The van der Waals surface area contributed by atoms with Crippen LogP contribution >= 0.6 is 27.3 Å². The van der Waals surface area contributed by atoms with Crippen molar-refractivity contribution in [1.29, 1.82) is 0 Å². The minimum atomic E-state index is -4.38. The molecule has 0 amide bonds. The van der Waals surface area contributed by atoms with Crippen molar-refractivity contribution in [2.45, 2.75) is 19.0 Å². The van der Waals surface area contributed by atoms with Crippen LogP contribution in [0, 0.1) is 5.92 Å². The monoisotopic (exact) mass is 374 g/mol. The summed E-state index contributed by atoms with van der Waals surface area (Å²) >= 11 is 4.52. The van der Waals surface area contributed by atoms with Crippen molar-refractivity contribution in [2.75, 3.05) is 0 Å². The van der Waals surface area contributed by atoms with Crippen molar-refractivity contribution in [3.63, 3.8) is 0 Å². The van der Waals surface area contributed by atoms with Crippen molar-refractivity contribution in [3.05, 3.63) is 45.2 Å². The summed E-state index contributed by atoms with van der Waals surface area (Å²) in [4.78, 5) is 13.3. The quantitative estimate of drug-likeness (QED) is 0.621. The molecular weight excluding hydrogens is 365 g/mol. The summed E-state index contributed by atoms with van der Waals surface area (Å²) in [6, 6.07) is 6.95. The molecule has 0 saturated heterocycles. The van der Waals surface area contributed by atoms with E-state index < -0.39 is 11.7 Å². The second-order valence-electron chi connectivity index (χ2n) is 4.99. The van der Waals surface area contributed by atoms with Crippen LogP contribution in [0.2, 0.25) is 0 Å². The second-order valence-corrected chi connectivity index (χ2v) is 6.93. The summed E-state index contributed by atoms with van der Waals surface area (Å²) in [5.41, 5.74) is -0.228. The molecule has 0 radical (unpaired) electrons. The first-order valence-electron chi connectivity index (χ1n) is 6.37. The molecule has 1 heterocycles. The van der Waals surface area contributed by atoms with Gasteiger partial charge in [0.25, 0.3) is 0 Å². The fraction of sp³-hybridized carbons (Fsp3) is 0.267. The Morgan fingerprint density at radius 1 is 1.19 bits per heavy atom. The first kappa shape index (κ1) is 14.8. The summed E-state index contributed by atoms with van der Waals surface area (Å²) in [5, 5.41) is 0. The van der Waals surface area contributed by atoms with Crippen LogP contribution in [0.15, 0.2) is 34.8 Å². The van der Waals surface area contributed by atoms with Crippen LogP contribution in [0.1, 0.15) is 28.1 Å². The normalized spacial score (nSPS) is 15.2. The SMILES string of the molecule is O=C(c1ccc(-c2cc(C(F)(F)F)ccc2Br)s1)C1CC1. The first-order chi connectivity index (χ1) is 9.86. The highest BCUT2D eigenvalue weighted by molar-refractivity contribution is 9.10. The Bertz CT molecular complexity index is 701. The fourth-order valence-electron chi connectivity index (χ4n) is 2.05. The molecule has 1 nitrogen and oxygen atoms in total. The number of halogens is 4. The summed E-state index contributed by atoms with van der Waals surface area (Å²) in [6.07, 6.45) is -2.54. The Hall–Kier alpha value is -1.14. The minimum Gasteiger partial charge on any atom is -0.293 e. The zero-order valence-corrected chi connectivity index (χ0v) is 13.1. The molecule has 6 heteroatoms. The molecule has 21 heavy (non-hydrogen) atoms. The maximum Gasteiger partial charge on any atom is 0.416 e. The third-order valence-electron chi connectivity index (χ3n) is 3.36. The predicted octanol–water partition coefficient (Wildman–Crippen LogP) is 5.79. The molecule has 0 N–H and O–H groups in total. The number of carbonyl (C=O) groups excluding carboxylic acids is 1. The van der Waals surface area contributed by atoms with E-state index in [-0.39, 0.29) is 11.7 Å². The number of hydrogen-bond acceptors (Lipinski definition) is 2. The first-order valence-corrected chi connectivity index (χ1v) is 7.98. The Labute approximate surface area is 131 Å². The van der Waals surface area contributed by atoms with Crippen molar-refractivity contribution < 1.29 is 18.0 Å². The molecule has 1 aromatic carbocycles. The average molecular weight is 375 g/mol. The molecule has 2 aromatic rings. The Morgan fingerprint density at radius 3 is 2.52 bits per heavy atom. The van der Waals surface area contributed by atoms with Crippen molar-refractivity contribution in [3.8, 4) is 10.4 Å². The molecule has 3 rings (SSSR count). The van der Waals surface area contributed by atoms with E-state index in [0.29, 0.717) is 19.8 Å². The van der Waals surface area contributed by atoms with Crippen LogP contribution in [0.3, 0.4) is 0 Å². The molecule has 1 saturated carbocycles. The number of thiophene rings is 1. The van der Waals surface area contributed by atoms with Gasteiger partial charge in [-0.2, -0.15) is 13.2 Å². The Balaban J connectivity index is 1.98. The molecule has 110 valence electrons. The van der Waals surface area contributed by atoms with Gasteiger partial charge in [-0.1, -0.05) is 15.9 Å². The van der Waals surface area contributed by atoms with Gasteiger partial charge in [-0.15, -0.1) is 11.3 Å². The molecule has 0 unspecified atom stereocenters. The standard InChI is InChI=1S/C15H10BrF3OS/c16-11-4-3-9(15(17,18)19)7-10(11)12-5-6-13(21-12)14(20)8-1-2-8/h3-8H,1-2H2. The third kappa shape index (κ3) is 3.06. The number of hydrogen-bond donors (Lipinski definition) is 0. The lowest BCUT2D eigenvalue weighted by molar-refractivity contribution is -0.137. The van der Waals surface area contributed by atoms with E-state index in [2.05, 4.69) is 15.9 Å². The highest BCUT2D eigenvalue weighted by atomic mass is 79.9. The van der Waals surface area contributed by atoms with Crippen molar-refractivity contribution in [2.24, 2.45) is 5.92 Å². The predicted molar refractivity (Wildman–Crippen MR) is 79.5 cm³/mol. The summed E-state index contributed by atoms with van der Waals surface area (Å²) in [7, 11) is 0. The molecule has 1 aliphatic rings. The van der Waals surface area contributed by atoms with Crippen LogP contribution in [0.25, 0.3) is 10.4 Å². The van der Waals surface area contributed by atoms with Gasteiger partial charge in [0.1, 0.15) is 0 Å². The van der Waals surface area contributed by atoms with Crippen LogP contribution in [0.5, 0.6) is 0 Å². The van der Waals surface area contributed by atoms with Gasteiger partial charge < -0.3 is 0 Å². The van der Waals surface area contributed by atoms with Gasteiger partial charge in [0.05, 0.1) is 10.4 Å². The van der Waals surface area contributed by atoms with Crippen molar-refractivity contribution in [1.82, 2.24) is 0 Å². The van der Waals surface area contributed by atoms with E-state index in [1.807, 2.05) is 0 Å². The van der Waals surface area contributed by atoms with E-state index in [9.17, 15) is 18.0 Å². The topological polar surface area (TPSA) is 17.1 Å². The van der Waals surface area contributed by atoms with Crippen molar-refractivity contribution >= 4 is 33.0 Å².